The molecule has 0 amide bonds. The molecule has 0 aromatic rings. The van der Waals surface area contributed by atoms with Crippen LogP contribution in [0.2, 0.25) is 0 Å². The monoisotopic (exact) mass is 418 g/mol. The molecule has 0 aromatic heterocycles. The fourth-order valence-electron chi connectivity index (χ4n) is 4.23. The number of Topliss-reactive ketones (excluding diaryl/α,β-unsaturated/α-hetero) is 1. The van der Waals surface area contributed by atoms with Gasteiger partial charge in [-0.05, 0) is 45.3 Å². The van der Waals surface area contributed by atoms with E-state index in [9.17, 15) is 14.7 Å². The van der Waals surface area contributed by atoms with E-state index < -0.39 is 5.60 Å². The molecule has 0 saturated carbocycles. The van der Waals surface area contributed by atoms with Crippen LogP contribution >= 0.6 is 0 Å². The molecule has 0 radical (unpaired) electrons. The first kappa shape index (κ1) is 26.8. The highest BCUT2D eigenvalue weighted by Crippen LogP contribution is 2.25. The Labute approximate surface area is 185 Å². The van der Waals surface area contributed by atoms with Crippen LogP contribution in [0.3, 0.4) is 0 Å². The molecule has 1 atom stereocenters. The van der Waals surface area contributed by atoms with Gasteiger partial charge in [0.15, 0.2) is 11.6 Å². The van der Waals surface area contributed by atoms with Crippen LogP contribution in [0.15, 0.2) is 23.3 Å². The van der Waals surface area contributed by atoms with E-state index in [2.05, 4.69) is 6.92 Å². The van der Waals surface area contributed by atoms with E-state index in [-0.39, 0.29) is 11.6 Å². The van der Waals surface area contributed by atoms with E-state index in [0.29, 0.717) is 24.0 Å². The Bertz CT molecular complexity index is 569. The highest BCUT2D eigenvalue weighted by atomic mass is 16.3. The predicted molar refractivity (Wildman–Crippen MR) is 127 cm³/mol. The Hall–Kier alpha value is -1.22. The molecule has 3 heteroatoms. The third kappa shape index (κ3) is 12.5. The summed E-state index contributed by atoms with van der Waals surface area (Å²) in [5, 5.41) is 10.6. The van der Waals surface area contributed by atoms with Crippen molar-refractivity contribution in [3.63, 3.8) is 0 Å². The second-order valence-corrected chi connectivity index (χ2v) is 9.57. The molecular formula is C27H46O3. The number of ketones is 2. The van der Waals surface area contributed by atoms with Gasteiger partial charge in [0.25, 0.3) is 0 Å². The summed E-state index contributed by atoms with van der Waals surface area (Å²) in [6.07, 6.45) is 23.2. The summed E-state index contributed by atoms with van der Waals surface area (Å²) in [7, 11) is 0. The molecule has 0 aromatic carbocycles. The average molecular weight is 419 g/mol. The van der Waals surface area contributed by atoms with Crippen molar-refractivity contribution < 1.29 is 14.7 Å². The van der Waals surface area contributed by atoms with Crippen molar-refractivity contribution >= 4 is 11.6 Å². The van der Waals surface area contributed by atoms with Gasteiger partial charge in [0.05, 0.1) is 5.60 Å². The van der Waals surface area contributed by atoms with Crippen LogP contribution in [-0.4, -0.2) is 22.3 Å². The highest BCUT2D eigenvalue weighted by molar-refractivity contribution is 6.19. The van der Waals surface area contributed by atoms with Gasteiger partial charge in [-0.25, -0.2) is 0 Å². The van der Waals surface area contributed by atoms with Gasteiger partial charge in [0, 0.05) is 11.1 Å². The molecule has 0 spiro atoms. The number of rotatable bonds is 18. The van der Waals surface area contributed by atoms with Gasteiger partial charge in [-0.15, -0.1) is 0 Å². The first-order valence-electron chi connectivity index (χ1n) is 12.6. The van der Waals surface area contributed by atoms with Crippen molar-refractivity contribution in [3.05, 3.63) is 23.3 Å². The van der Waals surface area contributed by atoms with Gasteiger partial charge in [-0.1, -0.05) is 96.8 Å². The highest BCUT2D eigenvalue weighted by Gasteiger charge is 2.24. The zero-order valence-corrected chi connectivity index (χ0v) is 19.9. The van der Waals surface area contributed by atoms with Gasteiger partial charge in [0.1, 0.15) is 0 Å². The standard InChI is InChI=1S/C27H46O3/c1-4-5-6-7-8-9-10-11-12-13-14-15-16-17-19-27(3,30)20-18-24-22-25(28)21-23(2)26(24)29/h21-22,30H,4-20H2,1-3H3. The number of carbonyl (C=O) groups excluding carboxylic acids is 2. The Morgan fingerprint density at radius 2 is 1.20 bits per heavy atom. The first-order valence-corrected chi connectivity index (χ1v) is 12.6. The molecule has 0 fully saturated rings. The lowest BCUT2D eigenvalue weighted by molar-refractivity contribution is -0.115. The van der Waals surface area contributed by atoms with Crippen molar-refractivity contribution in [2.24, 2.45) is 0 Å². The molecule has 1 unspecified atom stereocenters. The third-order valence-corrected chi connectivity index (χ3v) is 6.33. The molecule has 172 valence electrons. The quantitative estimate of drug-likeness (QED) is 0.186. The first-order chi connectivity index (χ1) is 14.4. The number of allylic oxidation sites excluding steroid dienone is 4. The maximum Gasteiger partial charge on any atom is 0.184 e. The van der Waals surface area contributed by atoms with Crippen LogP contribution < -0.4 is 0 Å². The van der Waals surface area contributed by atoms with Crippen molar-refractivity contribution in [2.75, 3.05) is 0 Å². The summed E-state index contributed by atoms with van der Waals surface area (Å²) in [6, 6.07) is 0. The largest absolute Gasteiger partial charge is 0.390 e. The lowest BCUT2D eigenvalue weighted by atomic mass is 9.87. The fourth-order valence-corrected chi connectivity index (χ4v) is 4.23. The molecule has 0 bridgehead atoms. The van der Waals surface area contributed by atoms with E-state index >= 15 is 0 Å². The lowest BCUT2D eigenvalue weighted by Gasteiger charge is -2.24. The lowest BCUT2D eigenvalue weighted by Crippen LogP contribution is -2.25. The molecule has 1 aliphatic carbocycles. The SMILES string of the molecule is CCCCCCCCCCCCCCCCC(C)(O)CCC1=CC(=O)C=C(C)C1=O. The smallest absolute Gasteiger partial charge is 0.184 e. The van der Waals surface area contributed by atoms with Crippen LogP contribution in [0.25, 0.3) is 0 Å². The maximum absolute atomic E-state index is 12.1. The minimum Gasteiger partial charge on any atom is -0.390 e. The topological polar surface area (TPSA) is 54.4 Å². The molecule has 1 rings (SSSR count). The summed E-state index contributed by atoms with van der Waals surface area (Å²) in [6.45, 7) is 5.80. The van der Waals surface area contributed by atoms with Gasteiger partial charge in [-0.3, -0.25) is 9.59 Å². The van der Waals surface area contributed by atoms with Crippen LogP contribution in [0.4, 0.5) is 0 Å². The summed E-state index contributed by atoms with van der Waals surface area (Å²) >= 11 is 0. The molecule has 1 N–H and O–H groups in total. The summed E-state index contributed by atoms with van der Waals surface area (Å²) in [4.78, 5) is 23.7. The van der Waals surface area contributed by atoms with E-state index in [4.69, 9.17) is 0 Å². The average Bonchev–Trinajstić information content (AvgIpc) is 2.70. The minimum absolute atomic E-state index is 0.0538. The van der Waals surface area contributed by atoms with E-state index in [1.54, 1.807) is 6.92 Å². The summed E-state index contributed by atoms with van der Waals surface area (Å²) < 4.78 is 0. The normalized spacial score (nSPS) is 16.4. The molecule has 30 heavy (non-hydrogen) atoms. The summed E-state index contributed by atoms with van der Waals surface area (Å²) in [5.74, 6) is -0.171. The number of carbonyl (C=O) groups is 2. The molecule has 0 heterocycles. The zero-order chi connectivity index (χ0) is 22.2. The van der Waals surface area contributed by atoms with Crippen LogP contribution in [0.1, 0.15) is 130 Å². The van der Waals surface area contributed by atoms with Crippen LogP contribution in [-0.2, 0) is 9.59 Å². The molecule has 0 saturated heterocycles. The maximum atomic E-state index is 12.1. The van der Waals surface area contributed by atoms with Gasteiger partial charge >= 0.3 is 0 Å². The Kier molecular flexibility index (Phi) is 13.9. The van der Waals surface area contributed by atoms with E-state index in [1.807, 2.05) is 6.92 Å². The number of hydrogen-bond acceptors (Lipinski definition) is 3. The van der Waals surface area contributed by atoms with Crippen LogP contribution in [0.5, 0.6) is 0 Å². The van der Waals surface area contributed by atoms with Crippen molar-refractivity contribution in [1.82, 2.24) is 0 Å². The number of aliphatic hydroxyl groups is 1. The number of unbranched alkanes of at least 4 members (excludes halogenated alkanes) is 13. The molecule has 1 aliphatic rings. The Morgan fingerprint density at radius 3 is 1.70 bits per heavy atom. The predicted octanol–water partition coefficient (Wildman–Crippen LogP) is 7.41. The minimum atomic E-state index is -0.767. The van der Waals surface area contributed by atoms with Gasteiger partial charge < -0.3 is 5.11 Å². The summed E-state index contributed by atoms with van der Waals surface area (Å²) in [5.41, 5.74) is 0.279. The van der Waals surface area contributed by atoms with Crippen molar-refractivity contribution in [3.8, 4) is 0 Å². The second kappa shape index (κ2) is 15.6. The van der Waals surface area contributed by atoms with E-state index in [1.165, 1.54) is 89.2 Å². The Morgan fingerprint density at radius 1 is 0.733 bits per heavy atom. The zero-order valence-electron chi connectivity index (χ0n) is 19.9. The van der Waals surface area contributed by atoms with Gasteiger partial charge in [0.2, 0.25) is 0 Å². The molecular weight excluding hydrogens is 372 g/mol. The molecule has 3 nitrogen and oxygen atoms in total. The third-order valence-electron chi connectivity index (χ3n) is 6.33. The Balaban J connectivity index is 1.99. The fraction of sp³-hybridized carbons (Fsp3) is 0.778. The van der Waals surface area contributed by atoms with Crippen LogP contribution in [0, 0.1) is 0 Å². The van der Waals surface area contributed by atoms with Crippen molar-refractivity contribution in [1.29, 1.82) is 0 Å². The van der Waals surface area contributed by atoms with Gasteiger partial charge in [-0.2, -0.15) is 0 Å². The number of hydrogen-bond donors (Lipinski definition) is 1. The second-order valence-electron chi connectivity index (χ2n) is 9.57. The molecule has 0 aliphatic heterocycles. The van der Waals surface area contributed by atoms with Crippen molar-refractivity contribution in [2.45, 2.75) is 136 Å². The van der Waals surface area contributed by atoms with E-state index in [0.717, 1.165) is 19.3 Å².